The highest BCUT2D eigenvalue weighted by atomic mass is 32.2. The fourth-order valence-corrected chi connectivity index (χ4v) is 4.44. The van der Waals surface area contributed by atoms with Crippen LogP contribution < -0.4 is 10.6 Å². The lowest BCUT2D eigenvalue weighted by Crippen LogP contribution is -2.45. The van der Waals surface area contributed by atoms with Gasteiger partial charge in [-0.05, 0) is 24.3 Å². The number of ether oxygens (including phenoxy) is 1. The normalized spacial score (nSPS) is 24.5. The SMILES string of the molecule is CS(=O)(=O)c1ccc(N(CC(N)=S)c2ncnc3c2ncn3[C@@]2(O)O[C@H](C(=O)O)[C@@H](O)[C@H]2O)cc1. The molecule has 0 unspecified atom stereocenters. The van der Waals surface area contributed by atoms with Gasteiger partial charge in [-0.15, -0.1) is 0 Å². The Hall–Kier alpha value is -3.28. The molecule has 1 aliphatic heterocycles. The molecule has 0 amide bonds. The van der Waals surface area contributed by atoms with E-state index in [-0.39, 0.29) is 33.4 Å². The average Bonchev–Trinajstić information content (AvgIpc) is 3.33. The zero-order valence-corrected chi connectivity index (χ0v) is 19.6. The predicted molar refractivity (Wildman–Crippen MR) is 123 cm³/mol. The molecule has 1 aromatic carbocycles. The zero-order chi connectivity index (χ0) is 25.7. The number of aliphatic hydroxyl groups excluding tert-OH is 2. The molecule has 6 N–H and O–H groups in total. The van der Waals surface area contributed by atoms with Crippen LogP contribution in [0.4, 0.5) is 11.5 Å². The third kappa shape index (κ3) is 4.30. The number of anilines is 2. The van der Waals surface area contributed by atoms with Crippen LogP contribution in [-0.4, -0.2) is 90.4 Å². The molecular weight excluding hydrogens is 504 g/mol. The minimum atomic E-state index is -3.44. The molecule has 35 heavy (non-hydrogen) atoms. The van der Waals surface area contributed by atoms with Gasteiger partial charge in [0, 0.05) is 11.9 Å². The summed E-state index contributed by atoms with van der Waals surface area (Å²) in [6, 6.07) is 5.83. The summed E-state index contributed by atoms with van der Waals surface area (Å²) in [6.07, 6.45) is -2.66. The van der Waals surface area contributed by atoms with Gasteiger partial charge in [0.25, 0.3) is 5.91 Å². The maximum absolute atomic E-state index is 11.8. The van der Waals surface area contributed by atoms with Gasteiger partial charge in [0.05, 0.1) is 16.4 Å². The molecule has 186 valence electrons. The van der Waals surface area contributed by atoms with E-state index >= 15 is 0 Å². The smallest absolute Gasteiger partial charge is 0.335 e. The number of carboxylic acid groups (broad SMARTS) is 1. The first-order valence-corrected chi connectivity index (χ1v) is 12.2. The minimum Gasteiger partial charge on any atom is -0.479 e. The Kier molecular flexibility index (Phi) is 6.20. The highest BCUT2D eigenvalue weighted by Crippen LogP contribution is 2.37. The maximum Gasteiger partial charge on any atom is 0.335 e. The number of benzene rings is 1. The summed E-state index contributed by atoms with van der Waals surface area (Å²) < 4.78 is 29.6. The Morgan fingerprint density at radius 1 is 1.26 bits per heavy atom. The quantitative estimate of drug-likeness (QED) is 0.222. The lowest BCUT2D eigenvalue weighted by Gasteiger charge is -2.27. The molecule has 4 rings (SSSR count). The fourth-order valence-electron chi connectivity index (χ4n) is 3.68. The van der Waals surface area contributed by atoms with Crippen molar-refractivity contribution in [3.05, 3.63) is 36.9 Å². The molecule has 0 saturated carbocycles. The van der Waals surface area contributed by atoms with Gasteiger partial charge in [-0.3, -0.25) is 4.57 Å². The van der Waals surface area contributed by atoms with Crippen molar-refractivity contribution >= 4 is 55.7 Å². The van der Waals surface area contributed by atoms with Crippen LogP contribution >= 0.6 is 12.2 Å². The van der Waals surface area contributed by atoms with Crippen LogP contribution in [0.2, 0.25) is 0 Å². The molecule has 3 aromatic rings. The number of carbonyl (C=O) groups is 1. The number of aliphatic hydroxyl groups is 3. The van der Waals surface area contributed by atoms with Gasteiger partial charge in [0.15, 0.2) is 39.0 Å². The number of hydrogen-bond donors (Lipinski definition) is 5. The molecule has 0 spiro atoms. The summed E-state index contributed by atoms with van der Waals surface area (Å²) in [4.78, 5) is 25.5. The molecule has 0 aliphatic carbocycles. The Balaban J connectivity index is 1.82. The molecule has 4 atom stereocenters. The van der Waals surface area contributed by atoms with Gasteiger partial charge < -0.3 is 35.8 Å². The molecule has 1 fully saturated rings. The fraction of sp³-hybridized carbons (Fsp3) is 0.316. The first kappa shape index (κ1) is 24.8. The third-order valence-corrected chi connectivity index (χ3v) is 6.63. The number of sulfone groups is 1. The number of aromatic nitrogens is 4. The van der Waals surface area contributed by atoms with E-state index in [0.717, 1.165) is 23.5 Å². The van der Waals surface area contributed by atoms with Gasteiger partial charge in [0.2, 0.25) is 0 Å². The third-order valence-electron chi connectivity index (χ3n) is 5.37. The van der Waals surface area contributed by atoms with E-state index in [1.54, 1.807) is 0 Å². The zero-order valence-electron chi connectivity index (χ0n) is 18.0. The van der Waals surface area contributed by atoms with Crippen molar-refractivity contribution in [2.75, 3.05) is 17.7 Å². The molecule has 14 nitrogen and oxygen atoms in total. The van der Waals surface area contributed by atoms with E-state index in [1.807, 2.05) is 0 Å². The number of rotatable bonds is 7. The number of nitrogens with two attached hydrogens (primary N) is 1. The number of carboxylic acids is 1. The number of fused-ring (bicyclic) bond motifs is 1. The second-order valence-corrected chi connectivity index (χ2v) is 10.3. The van der Waals surface area contributed by atoms with Crippen molar-refractivity contribution in [3.8, 4) is 0 Å². The molecule has 1 saturated heterocycles. The number of hydrogen-bond acceptors (Lipinski definition) is 12. The molecule has 3 heterocycles. The van der Waals surface area contributed by atoms with Gasteiger partial charge >= 0.3 is 5.97 Å². The summed E-state index contributed by atoms with van der Waals surface area (Å²) in [7, 11) is -3.44. The molecule has 1 aliphatic rings. The van der Waals surface area contributed by atoms with Gasteiger partial charge in [0.1, 0.15) is 18.8 Å². The monoisotopic (exact) mass is 524 g/mol. The lowest BCUT2D eigenvalue weighted by molar-refractivity contribution is -0.284. The molecule has 0 radical (unpaired) electrons. The Morgan fingerprint density at radius 3 is 2.46 bits per heavy atom. The van der Waals surface area contributed by atoms with Gasteiger partial charge in [-0.25, -0.2) is 28.2 Å². The average molecular weight is 525 g/mol. The highest BCUT2D eigenvalue weighted by molar-refractivity contribution is 7.90. The van der Waals surface area contributed by atoms with Gasteiger partial charge in [-0.2, -0.15) is 0 Å². The number of thiocarbonyl (C=S) groups is 1. The number of nitrogens with zero attached hydrogens (tertiary/aromatic N) is 5. The Morgan fingerprint density at radius 2 is 1.91 bits per heavy atom. The topological polar surface area (TPSA) is 214 Å². The van der Waals surface area contributed by atoms with E-state index < -0.39 is 40.0 Å². The summed E-state index contributed by atoms with van der Waals surface area (Å²) in [5.74, 6) is -4.14. The molecular formula is C19H20N6O8S2. The first-order valence-electron chi connectivity index (χ1n) is 9.88. The lowest BCUT2D eigenvalue weighted by atomic mass is 10.1. The number of aliphatic carboxylic acids is 1. The van der Waals surface area contributed by atoms with Crippen molar-refractivity contribution < 1.29 is 38.4 Å². The Bertz CT molecular complexity index is 1410. The van der Waals surface area contributed by atoms with Crippen molar-refractivity contribution in [1.29, 1.82) is 0 Å². The van der Waals surface area contributed by atoms with Crippen LogP contribution in [0.5, 0.6) is 0 Å². The van der Waals surface area contributed by atoms with Crippen molar-refractivity contribution in [3.63, 3.8) is 0 Å². The second-order valence-electron chi connectivity index (χ2n) is 7.77. The number of imidazole rings is 1. The molecule has 2 aromatic heterocycles. The standard InChI is InChI=1S/C19H20N6O8S2/c1-35(31,32)10-4-2-9(3-5-10)24(6-11(20)34)16-12-17(22-7-21-16)25(8-23-12)19(30)15(27)13(26)14(33-19)18(28)29/h2-5,7-8,13-15,26-27,30H,6H2,1H3,(H2,20,34)(H,28,29)/t13-,14+,15-,19+/m1/s1. The van der Waals surface area contributed by atoms with E-state index in [2.05, 4.69) is 15.0 Å². The summed E-state index contributed by atoms with van der Waals surface area (Å²) in [5.41, 5.74) is 6.22. The van der Waals surface area contributed by atoms with Crippen LogP contribution in [0.15, 0.2) is 41.8 Å². The van der Waals surface area contributed by atoms with E-state index in [9.17, 15) is 33.6 Å². The summed E-state index contributed by atoms with van der Waals surface area (Å²) in [6.45, 7) is -0.0320. The van der Waals surface area contributed by atoms with E-state index in [4.69, 9.17) is 22.7 Å². The maximum atomic E-state index is 11.8. The summed E-state index contributed by atoms with van der Waals surface area (Å²) in [5, 5.41) is 40.6. The van der Waals surface area contributed by atoms with E-state index in [0.29, 0.717) is 5.69 Å². The van der Waals surface area contributed by atoms with Crippen LogP contribution in [0.1, 0.15) is 0 Å². The van der Waals surface area contributed by atoms with Crippen molar-refractivity contribution in [2.24, 2.45) is 5.73 Å². The van der Waals surface area contributed by atoms with Crippen molar-refractivity contribution in [1.82, 2.24) is 19.5 Å². The first-order chi connectivity index (χ1) is 16.3. The molecule has 16 heteroatoms. The second kappa shape index (κ2) is 8.74. The largest absolute Gasteiger partial charge is 0.479 e. The van der Waals surface area contributed by atoms with Crippen LogP contribution in [0, 0.1) is 0 Å². The highest BCUT2D eigenvalue weighted by Gasteiger charge is 2.58. The van der Waals surface area contributed by atoms with Gasteiger partial charge in [-0.1, -0.05) is 12.2 Å². The van der Waals surface area contributed by atoms with E-state index in [1.165, 1.54) is 29.2 Å². The van der Waals surface area contributed by atoms with Crippen LogP contribution in [0.25, 0.3) is 11.2 Å². The van der Waals surface area contributed by atoms with Crippen LogP contribution in [-0.2, 0) is 25.3 Å². The van der Waals surface area contributed by atoms with Crippen LogP contribution in [0.3, 0.4) is 0 Å². The minimum absolute atomic E-state index is 0.0320. The summed E-state index contributed by atoms with van der Waals surface area (Å²) >= 11 is 5.05. The predicted octanol–water partition coefficient (Wildman–Crippen LogP) is -1.54. The van der Waals surface area contributed by atoms with Crippen molar-refractivity contribution in [2.45, 2.75) is 29.1 Å². The Labute approximate surface area is 203 Å². The molecule has 0 bridgehead atoms.